The van der Waals surface area contributed by atoms with Crippen LogP contribution >= 0.6 is 27.3 Å². The number of halogens is 1. The summed E-state index contributed by atoms with van der Waals surface area (Å²) in [6, 6.07) is 10.1. The van der Waals surface area contributed by atoms with Gasteiger partial charge in [-0.1, -0.05) is 28.1 Å². The molecule has 2 aromatic heterocycles. The molecule has 0 unspecified atom stereocenters. The Morgan fingerprint density at radius 1 is 1.29 bits per heavy atom. The van der Waals surface area contributed by atoms with Crippen LogP contribution < -0.4 is 5.56 Å². The molecule has 3 rings (SSSR count). The standard InChI is InChI=1S/C18H16BrN3OS/c1-11-15(13-5-7-14(19)8-6-13)16-17(24-11)21-12(2)22(18(16)23)10-4-3-9-20/h5-8H,3-4,10H2,1-2H3. The molecule has 0 radical (unpaired) electrons. The van der Waals surface area contributed by atoms with Gasteiger partial charge in [-0.15, -0.1) is 11.3 Å². The average molecular weight is 402 g/mol. The van der Waals surface area contributed by atoms with Gasteiger partial charge in [-0.25, -0.2) is 4.98 Å². The Kier molecular flexibility index (Phi) is 4.83. The van der Waals surface area contributed by atoms with E-state index >= 15 is 0 Å². The summed E-state index contributed by atoms with van der Waals surface area (Å²) in [4.78, 5) is 19.6. The largest absolute Gasteiger partial charge is 0.296 e. The number of benzene rings is 1. The van der Waals surface area contributed by atoms with E-state index in [1.54, 1.807) is 15.9 Å². The van der Waals surface area contributed by atoms with E-state index < -0.39 is 0 Å². The van der Waals surface area contributed by atoms with Crippen molar-refractivity contribution in [2.45, 2.75) is 33.2 Å². The van der Waals surface area contributed by atoms with E-state index in [1.165, 1.54) is 0 Å². The van der Waals surface area contributed by atoms with Crippen LogP contribution in [0.5, 0.6) is 0 Å². The molecule has 0 aliphatic rings. The van der Waals surface area contributed by atoms with Crippen LogP contribution in [0.2, 0.25) is 0 Å². The van der Waals surface area contributed by atoms with Crippen LogP contribution in [0.1, 0.15) is 23.5 Å². The predicted octanol–water partition coefficient (Wildman–Crippen LogP) is 4.81. The van der Waals surface area contributed by atoms with Gasteiger partial charge in [-0.2, -0.15) is 5.26 Å². The smallest absolute Gasteiger partial charge is 0.262 e. The fourth-order valence-corrected chi connectivity index (χ4v) is 4.19. The molecule has 0 saturated heterocycles. The Bertz CT molecular complexity index is 996. The molecule has 3 aromatic rings. The molecule has 0 fully saturated rings. The monoisotopic (exact) mass is 401 g/mol. The highest BCUT2D eigenvalue weighted by atomic mass is 79.9. The van der Waals surface area contributed by atoms with E-state index in [1.807, 2.05) is 38.1 Å². The summed E-state index contributed by atoms with van der Waals surface area (Å²) in [5, 5.41) is 9.40. The molecular formula is C18H16BrN3OS. The van der Waals surface area contributed by atoms with Gasteiger partial charge in [0.15, 0.2) is 0 Å². The molecule has 0 atom stereocenters. The van der Waals surface area contributed by atoms with E-state index in [9.17, 15) is 4.79 Å². The number of thiophene rings is 1. The topological polar surface area (TPSA) is 58.7 Å². The number of rotatable bonds is 4. The van der Waals surface area contributed by atoms with Crippen molar-refractivity contribution in [1.82, 2.24) is 9.55 Å². The number of hydrogen-bond acceptors (Lipinski definition) is 4. The maximum Gasteiger partial charge on any atom is 0.262 e. The second-order valence-electron chi connectivity index (χ2n) is 5.60. The van der Waals surface area contributed by atoms with Gasteiger partial charge in [0.05, 0.1) is 11.5 Å². The number of aromatic nitrogens is 2. The van der Waals surface area contributed by atoms with Crippen LogP contribution in [0, 0.1) is 25.2 Å². The van der Waals surface area contributed by atoms with Crippen molar-refractivity contribution in [2.24, 2.45) is 0 Å². The Hall–Kier alpha value is -1.97. The number of hydrogen-bond donors (Lipinski definition) is 0. The third kappa shape index (κ3) is 3.02. The molecule has 1 aromatic carbocycles. The average Bonchev–Trinajstić information content (AvgIpc) is 2.87. The van der Waals surface area contributed by atoms with Gasteiger partial charge >= 0.3 is 0 Å². The van der Waals surface area contributed by atoms with Gasteiger partial charge in [-0.3, -0.25) is 9.36 Å². The van der Waals surface area contributed by atoms with Crippen molar-refractivity contribution in [3.63, 3.8) is 0 Å². The molecule has 4 nitrogen and oxygen atoms in total. The fraction of sp³-hybridized carbons (Fsp3) is 0.278. The van der Waals surface area contributed by atoms with Crippen molar-refractivity contribution in [3.05, 3.63) is 49.8 Å². The van der Waals surface area contributed by atoms with E-state index in [2.05, 4.69) is 27.0 Å². The summed E-state index contributed by atoms with van der Waals surface area (Å²) in [5.74, 6) is 0.703. The lowest BCUT2D eigenvalue weighted by Crippen LogP contribution is -2.23. The van der Waals surface area contributed by atoms with Crippen LogP contribution in [-0.4, -0.2) is 9.55 Å². The van der Waals surface area contributed by atoms with Crippen molar-refractivity contribution in [3.8, 4) is 17.2 Å². The Morgan fingerprint density at radius 2 is 2.00 bits per heavy atom. The second-order valence-corrected chi connectivity index (χ2v) is 7.72. The van der Waals surface area contributed by atoms with Crippen LogP contribution in [0.3, 0.4) is 0 Å². The molecule has 0 bridgehead atoms. The zero-order valence-corrected chi connectivity index (χ0v) is 15.9. The van der Waals surface area contributed by atoms with Gasteiger partial charge in [0.2, 0.25) is 0 Å². The summed E-state index contributed by atoms with van der Waals surface area (Å²) in [5.41, 5.74) is 1.97. The van der Waals surface area contributed by atoms with E-state index in [0.717, 1.165) is 25.3 Å². The Labute approximate surface area is 152 Å². The highest BCUT2D eigenvalue weighted by Gasteiger charge is 2.18. The molecule has 0 aliphatic heterocycles. The van der Waals surface area contributed by atoms with E-state index in [-0.39, 0.29) is 5.56 Å². The Balaban J connectivity index is 2.22. The van der Waals surface area contributed by atoms with Crippen molar-refractivity contribution < 1.29 is 0 Å². The maximum atomic E-state index is 13.1. The molecule has 24 heavy (non-hydrogen) atoms. The van der Waals surface area contributed by atoms with Crippen molar-refractivity contribution in [2.75, 3.05) is 0 Å². The zero-order chi connectivity index (χ0) is 17.3. The first kappa shape index (κ1) is 16.9. The third-order valence-corrected chi connectivity index (χ3v) is 5.51. The number of fused-ring (bicyclic) bond motifs is 1. The molecule has 122 valence electrons. The lowest BCUT2D eigenvalue weighted by Gasteiger charge is -2.09. The summed E-state index contributed by atoms with van der Waals surface area (Å²) in [7, 11) is 0. The third-order valence-electron chi connectivity index (χ3n) is 3.98. The molecule has 6 heteroatoms. The van der Waals surface area contributed by atoms with E-state index in [4.69, 9.17) is 5.26 Å². The van der Waals surface area contributed by atoms with Gasteiger partial charge in [0.1, 0.15) is 10.7 Å². The van der Waals surface area contributed by atoms with Crippen LogP contribution in [0.4, 0.5) is 0 Å². The number of nitrogens with zero attached hydrogens (tertiary/aromatic N) is 3. The highest BCUT2D eigenvalue weighted by Crippen LogP contribution is 2.36. The molecule has 0 amide bonds. The molecule has 2 heterocycles. The molecule has 0 spiro atoms. The lowest BCUT2D eigenvalue weighted by molar-refractivity contribution is 0.607. The summed E-state index contributed by atoms with van der Waals surface area (Å²) in [6.07, 6.45) is 1.09. The summed E-state index contributed by atoms with van der Waals surface area (Å²) in [6.45, 7) is 4.40. The minimum absolute atomic E-state index is 0.0160. The maximum absolute atomic E-state index is 13.1. The quantitative estimate of drug-likeness (QED) is 0.589. The van der Waals surface area contributed by atoms with Gasteiger partial charge in [0.25, 0.3) is 5.56 Å². The first-order valence-corrected chi connectivity index (χ1v) is 9.27. The predicted molar refractivity (Wildman–Crippen MR) is 101 cm³/mol. The lowest BCUT2D eigenvalue weighted by atomic mass is 10.0. The number of unbranched alkanes of at least 4 members (excludes halogenated alkanes) is 1. The number of nitriles is 1. The minimum atomic E-state index is -0.0160. The highest BCUT2D eigenvalue weighted by molar-refractivity contribution is 9.10. The van der Waals surface area contributed by atoms with Gasteiger partial charge in [-0.05, 0) is 38.0 Å². The zero-order valence-electron chi connectivity index (χ0n) is 13.5. The van der Waals surface area contributed by atoms with Gasteiger partial charge < -0.3 is 0 Å². The first-order valence-electron chi connectivity index (χ1n) is 7.66. The molecular weight excluding hydrogens is 386 g/mol. The molecule has 0 N–H and O–H groups in total. The Morgan fingerprint density at radius 3 is 2.67 bits per heavy atom. The fourth-order valence-electron chi connectivity index (χ4n) is 2.84. The van der Waals surface area contributed by atoms with Crippen LogP contribution in [0.25, 0.3) is 21.3 Å². The summed E-state index contributed by atoms with van der Waals surface area (Å²) < 4.78 is 2.69. The van der Waals surface area contributed by atoms with Crippen molar-refractivity contribution in [1.29, 1.82) is 5.26 Å². The second kappa shape index (κ2) is 6.88. The number of aryl methyl sites for hydroxylation is 2. The minimum Gasteiger partial charge on any atom is -0.296 e. The van der Waals surface area contributed by atoms with Gasteiger partial charge in [0, 0.05) is 27.9 Å². The SMILES string of the molecule is Cc1sc2nc(C)n(CCCC#N)c(=O)c2c1-c1ccc(Br)cc1. The van der Waals surface area contributed by atoms with Crippen LogP contribution in [0.15, 0.2) is 33.5 Å². The van der Waals surface area contributed by atoms with Crippen molar-refractivity contribution >= 4 is 37.5 Å². The first-order chi connectivity index (χ1) is 11.5. The van der Waals surface area contributed by atoms with Crippen LogP contribution in [-0.2, 0) is 6.54 Å². The van der Waals surface area contributed by atoms with E-state index in [0.29, 0.717) is 30.6 Å². The normalized spacial score (nSPS) is 10.9. The summed E-state index contributed by atoms with van der Waals surface area (Å²) >= 11 is 5.00. The molecule has 0 aliphatic carbocycles. The molecule has 0 saturated carbocycles.